The number of nitrogens with zero attached hydrogens (tertiary/aromatic N) is 2. The predicted molar refractivity (Wildman–Crippen MR) is 110 cm³/mol. The van der Waals surface area contributed by atoms with Crippen molar-refractivity contribution in [2.75, 3.05) is 26.4 Å². The molecule has 2 amide bonds. The van der Waals surface area contributed by atoms with Crippen LogP contribution in [-0.2, 0) is 11.3 Å². The van der Waals surface area contributed by atoms with Crippen LogP contribution < -0.4 is 0 Å². The number of amides is 2. The lowest BCUT2D eigenvalue weighted by Gasteiger charge is -2.33. The third kappa shape index (κ3) is 5.15. The second-order valence-electron chi connectivity index (χ2n) is 7.23. The smallest absolute Gasteiger partial charge is 0.256 e. The van der Waals surface area contributed by atoms with Crippen molar-refractivity contribution >= 4 is 23.6 Å². The first-order valence-corrected chi connectivity index (χ1v) is 10.7. The lowest BCUT2D eigenvalue weighted by atomic mass is 9.94. The Balaban J connectivity index is 1.55. The van der Waals surface area contributed by atoms with Crippen molar-refractivity contribution in [1.82, 2.24) is 9.80 Å². The van der Waals surface area contributed by atoms with Crippen LogP contribution in [-0.4, -0.2) is 48.0 Å². The largest absolute Gasteiger partial charge is 0.341 e. The Bertz CT molecular complexity index is 881. The standard InChI is InChI=1S/C22H24F2N2O2S/c1-25(14-15-3-6-18(29-2)7-4-15)21(27)16-9-11-26(12-10-16)22(28)19-8-5-17(23)13-20(19)24/h3-8,13,16H,9-12,14H2,1-2H3. The Hall–Kier alpha value is -2.41. The number of hydrogen-bond acceptors (Lipinski definition) is 3. The lowest BCUT2D eigenvalue weighted by molar-refractivity contribution is -0.136. The maximum Gasteiger partial charge on any atom is 0.256 e. The van der Waals surface area contributed by atoms with E-state index >= 15 is 0 Å². The number of hydrogen-bond donors (Lipinski definition) is 0. The fourth-order valence-corrected chi connectivity index (χ4v) is 3.97. The number of carbonyl (C=O) groups excluding carboxylic acids is 2. The number of piperidine rings is 1. The van der Waals surface area contributed by atoms with E-state index in [1.807, 2.05) is 30.5 Å². The molecule has 29 heavy (non-hydrogen) atoms. The summed E-state index contributed by atoms with van der Waals surface area (Å²) in [6.45, 7) is 1.29. The van der Waals surface area contributed by atoms with E-state index in [0.29, 0.717) is 38.5 Å². The van der Waals surface area contributed by atoms with Crippen molar-refractivity contribution < 1.29 is 18.4 Å². The zero-order chi connectivity index (χ0) is 21.0. The first-order chi connectivity index (χ1) is 13.9. The fourth-order valence-electron chi connectivity index (χ4n) is 3.56. The fraction of sp³-hybridized carbons (Fsp3) is 0.364. The van der Waals surface area contributed by atoms with Gasteiger partial charge in [-0.05, 0) is 48.9 Å². The molecule has 1 fully saturated rings. The van der Waals surface area contributed by atoms with Crippen molar-refractivity contribution in [2.24, 2.45) is 5.92 Å². The minimum Gasteiger partial charge on any atom is -0.341 e. The normalized spacial score (nSPS) is 14.7. The van der Waals surface area contributed by atoms with E-state index < -0.39 is 17.5 Å². The summed E-state index contributed by atoms with van der Waals surface area (Å²) >= 11 is 1.67. The van der Waals surface area contributed by atoms with Crippen LogP contribution in [0.5, 0.6) is 0 Å². The minimum absolute atomic E-state index is 0.0546. The van der Waals surface area contributed by atoms with Crippen LogP contribution >= 0.6 is 11.8 Å². The predicted octanol–water partition coefficient (Wildman–Crippen LogP) is 4.20. The topological polar surface area (TPSA) is 40.6 Å². The number of rotatable bonds is 5. The van der Waals surface area contributed by atoms with Gasteiger partial charge >= 0.3 is 0 Å². The van der Waals surface area contributed by atoms with Crippen molar-refractivity contribution in [3.63, 3.8) is 0 Å². The third-order valence-electron chi connectivity index (χ3n) is 5.25. The van der Waals surface area contributed by atoms with Gasteiger partial charge in [0.25, 0.3) is 5.91 Å². The van der Waals surface area contributed by atoms with Crippen LogP contribution in [0.15, 0.2) is 47.4 Å². The van der Waals surface area contributed by atoms with E-state index in [4.69, 9.17) is 0 Å². The molecular weight excluding hydrogens is 394 g/mol. The molecule has 0 aliphatic carbocycles. The van der Waals surface area contributed by atoms with Gasteiger partial charge in [-0.15, -0.1) is 11.8 Å². The molecule has 0 N–H and O–H groups in total. The second-order valence-corrected chi connectivity index (χ2v) is 8.11. The summed E-state index contributed by atoms with van der Waals surface area (Å²) < 4.78 is 26.9. The molecule has 0 atom stereocenters. The molecule has 1 saturated heterocycles. The van der Waals surface area contributed by atoms with Crippen LogP contribution in [0.4, 0.5) is 8.78 Å². The number of benzene rings is 2. The zero-order valence-corrected chi connectivity index (χ0v) is 17.3. The van der Waals surface area contributed by atoms with Crippen molar-refractivity contribution in [1.29, 1.82) is 0 Å². The Morgan fingerprint density at radius 2 is 1.76 bits per heavy atom. The van der Waals surface area contributed by atoms with Crippen LogP contribution in [0.2, 0.25) is 0 Å². The summed E-state index contributed by atoms with van der Waals surface area (Å²) in [6.07, 6.45) is 3.08. The highest BCUT2D eigenvalue weighted by atomic mass is 32.2. The van der Waals surface area contributed by atoms with Crippen molar-refractivity contribution in [3.05, 3.63) is 65.2 Å². The molecule has 0 saturated carbocycles. The molecule has 4 nitrogen and oxygen atoms in total. The molecule has 3 rings (SSSR count). The first-order valence-electron chi connectivity index (χ1n) is 9.51. The van der Waals surface area contributed by atoms with Crippen LogP contribution in [0, 0.1) is 17.6 Å². The Morgan fingerprint density at radius 3 is 2.34 bits per heavy atom. The second kappa shape index (κ2) is 9.39. The van der Waals surface area contributed by atoms with Crippen LogP contribution in [0.3, 0.4) is 0 Å². The highest BCUT2D eigenvalue weighted by Crippen LogP contribution is 2.23. The summed E-state index contributed by atoms with van der Waals surface area (Å²) in [6, 6.07) is 11.1. The van der Waals surface area contributed by atoms with Crippen LogP contribution in [0.25, 0.3) is 0 Å². The molecule has 0 radical (unpaired) electrons. The van der Waals surface area contributed by atoms with Gasteiger partial charge in [-0.3, -0.25) is 9.59 Å². The molecule has 2 aromatic rings. The molecular formula is C22H24F2N2O2S. The Kier molecular flexibility index (Phi) is 6.90. The monoisotopic (exact) mass is 418 g/mol. The Morgan fingerprint density at radius 1 is 1.10 bits per heavy atom. The van der Waals surface area contributed by atoms with E-state index in [1.165, 1.54) is 15.9 Å². The highest BCUT2D eigenvalue weighted by molar-refractivity contribution is 7.98. The summed E-state index contributed by atoms with van der Waals surface area (Å²) in [5.41, 5.74) is 0.931. The average Bonchev–Trinajstić information content (AvgIpc) is 2.73. The summed E-state index contributed by atoms with van der Waals surface area (Å²) in [7, 11) is 1.79. The molecule has 0 bridgehead atoms. The van der Waals surface area contributed by atoms with Gasteiger partial charge in [0.1, 0.15) is 11.6 Å². The molecule has 2 aromatic carbocycles. The van der Waals surface area contributed by atoms with Crippen LogP contribution in [0.1, 0.15) is 28.8 Å². The number of carbonyl (C=O) groups is 2. The summed E-state index contributed by atoms with van der Waals surface area (Å²) in [5, 5.41) is 0. The van der Waals surface area contributed by atoms with Crippen molar-refractivity contribution in [2.45, 2.75) is 24.3 Å². The SMILES string of the molecule is CSc1ccc(CN(C)C(=O)C2CCN(C(=O)c3ccc(F)cc3F)CC2)cc1. The van der Waals surface area contributed by atoms with E-state index in [2.05, 4.69) is 0 Å². The quantitative estimate of drug-likeness (QED) is 0.684. The Labute approximate surface area is 173 Å². The van der Waals surface area contributed by atoms with Gasteiger partial charge in [-0.25, -0.2) is 8.78 Å². The van der Waals surface area contributed by atoms with Gasteiger partial charge < -0.3 is 9.80 Å². The molecule has 7 heteroatoms. The molecule has 1 aliphatic rings. The van der Waals surface area contributed by atoms with Gasteiger partial charge in [0.15, 0.2) is 0 Å². The maximum atomic E-state index is 13.9. The zero-order valence-electron chi connectivity index (χ0n) is 16.5. The van der Waals surface area contributed by atoms with E-state index in [1.54, 1.807) is 23.7 Å². The molecule has 0 spiro atoms. The first kappa shape index (κ1) is 21.3. The maximum absolute atomic E-state index is 13.9. The van der Waals surface area contributed by atoms with Gasteiger partial charge in [0.05, 0.1) is 5.56 Å². The van der Waals surface area contributed by atoms with E-state index in [0.717, 1.165) is 11.6 Å². The van der Waals surface area contributed by atoms with Gasteiger partial charge in [-0.2, -0.15) is 0 Å². The van der Waals surface area contributed by atoms with E-state index in [-0.39, 0.29) is 17.4 Å². The third-order valence-corrected chi connectivity index (χ3v) is 5.99. The molecule has 1 heterocycles. The molecule has 154 valence electrons. The van der Waals surface area contributed by atoms with Gasteiger partial charge in [-0.1, -0.05) is 12.1 Å². The molecule has 1 aliphatic heterocycles. The minimum atomic E-state index is -0.861. The number of likely N-dealkylation sites (tertiary alicyclic amines) is 1. The number of halogens is 2. The number of thioether (sulfide) groups is 1. The average molecular weight is 419 g/mol. The van der Waals surface area contributed by atoms with E-state index in [9.17, 15) is 18.4 Å². The lowest BCUT2D eigenvalue weighted by Crippen LogP contribution is -2.43. The van der Waals surface area contributed by atoms with Crippen molar-refractivity contribution in [3.8, 4) is 0 Å². The molecule has 0 aromatic heterocycles. The van der Waals surface area contributed by atoms with Gasteiger partial charge in [0, 0.05) is 43.6 Å². The molecule has 0 unspecified atom stereocenters. The highest BCUT2D eigenvalue weighted by Gasteiger charge is 2.30. The summed E-state index contributed by atoms with van der Waals surface area (Å²) in [4.78, 5) is 29.7. The van der Waals surface area contributed by atoms with Gasteiger partial charge in [0.2, 0.25) is 5.91 Å². The summed E-state index contributed by atoms with van der Waals surface area (Å²) in [5.74, 6) is -2.14.